The van der Waals surface area contributed by atoms with E-state index in [9.17, 15) is 8.42 Å². The van der Waals surface area contributed by atoms with Gasteiger partial charge < -0.3 is 0 Å². The van der Waals surface area contributed by atoms with Gasteiger partial charge in [0.15, 0.2) is 0 Å². The molecule has 3 nitrogen and oxygen atoms in total. The van der Waals surface area contributed by atoms with Crippen molar-refractivity contribution in [1.29, 1.82) is 0 Å². The van der Waals surface area contributed by atoms with Crippen LogP contribution in [0.3, 0.4) is 0 Å². The molecular weight excluding hydrogens is 302 g/mol. The fourth-order valence-electron chi connectivity index (χ4n) is 1.67. The van der Waals surface area contributed by atoms with Gasteiger partial charge in [-0.1, -0.05) is 12.1 Å². The van der Waals surface area contributed by atoms with Crippen molar-refractivity contribution in [3.8, 4) is 0 Å². The quantitative estimate of drug-likeness (QED) is 0.808. The van der Waals surface area contributed by atoms with E-state index in [-0.39, 0.29) is 0 Å². The number of hydrogen-bond donors (Lipinski definition) is 0. The monoisotopic (exact) mass is 315 g/mol. The minimum atomic E-state index is -3.50. The molecule has 0 unspecified atom stereocenters. The lowest BCUT2D eigenvalue weighted by molar-refractivity contribution is 0.596. The molecule has 1 aromatic carbocycles. The van der Waals surface area contributed by atoms with Gasteiger partial charge in [-0.15, -0.1) is 22.9 Å². The number of halogens is 1. The summed E-state index contributed by atoms with van der Waals surface area (Å²) in [4.78, 5) is 0.845. The Morgan fingerprint density at radius 3 is 2.58 bits per heavy atom. The van der Waals surface area contributed by atoms with Gasteiger partial charge in [0.1, 0.15) is 4.21 Å². The number of rotatable bonds is 4. The maximum absolute atomic E-state index is 12.5. The fraction of sp³-hybridized carbons (Fsp3) is 0.231. The number of hydrogen-bond acceptors (Lipinski definition) is 3. The number of thiophene rings is 1. The van der Waals surface area contributed by atoms with E-state index in [1.165, 1.54) is 15.6 Å². The van der Waals surface area contributed by atoms with Crippen molar-refractivity contribution in [3.63, 3.8) is 0 Å². The second kappa shape index (κ2) is 5.53. The summed E-state index contributed by atoms with van der Waals surface area (Å²) in [6.45, 7) is 1.93. The molecule has 1 aromatic heterocycles. The van der Waals surface area contributed by atoms with Gasteiger partial charge in [-0.3, -0.25) is 4.31 Å². The Labute approximate surface area is 122 Å². The predicted octanol–water partition coefficient (Wildman–Crippen LogP) is 3.62. The molecule has 0 spiro atoms. The Morgan fingerprint density at radius 2 is 2.00 bits per heavy atom. The molecule has 2 aromatic rings. The number of nitrogens with zero attached hydrogens (tertiary/aromatic N) is 1. The average Bonchev–Trinajstić information content (AvgIpc) is 2.87. The SMILES string of the molecule is Cc1cccc(N(C)S(=O)(=O)c2ccc(CCl)s2)c1. The zero-order valence-electron chi connectivity index (χ0n) is 10.6. The standard InChI is InChI=1S/C13H14ClNO2S2/c1-10-4-3-5-11(8-10)15(2)19(16,17)13-7-6-12(9-14)18-13/h3-8H,9H2,1-2H3. The lowest BCUT2D eigenvalue weighted by Gasteiger charge is -2.18. The molecule has 2 rings (SSSR count). The second-order valence-corrected chi connectivity index (χ2v) is 7.80. The topological polar surface area (TPSA) is 37.4 Å². The lowest BCUT2D eigenvalue weighted by atomic mass is 10.2. The summed E-state index contributed by atoms with van der Waals surface area (Å²) < 4.78 is 26.5. The molecule has 1 heterocycles. The molecule has 0 atom stereocenters. The van der Waals surface area contributed by atoms with E-state index < -0.39 is 10.0 Å². The molecule has 0 saturated carbocycles. The number of aryl methyl sites for hydroxylation is 1. The molecular formula is C13H14ClNO2S2. The molecule has 102 valence electrons. The highest BCUT2D eigenvalue weighted by molar-refractivity contribution is 7.94. The highest BCUT2D eigenvalue weighted by Gasteiger charge is 2.23. The lowest BCUT2D eigenvalue weighted by Crippen LogP contribution is -2.25. The number of sulfonamides is 1. The summed E-state index contributed by atoms with van der Waals surface area (Å²) in [6.07, 6.45) is 0. The van der Waals surface area contributed by atoms with Gasteiger partial charge >= 0.3 is 0 Å². The zero-order valence-corrected chi connectivity index (χ0v) is 13.0. The van der Waals surface area contributed by atoms with E-state index in [0.29, 0.717) is 15.8 Å². The molecule has 6 heteroatoms. The molecule has 0 aliphatic rings. The van der Waals surface area contributed by atoms with Crippen molar-refractivity contribution in [2.24, 2.45) is 0 Å². The van der Waals surface area contributed by atoms with Crippen LogP contribution < -0.4 is 4.31 Å². The van der Waals surface area contributed by atoms with Crippen LogP contribution in [0.5, 0.6) is 0 Å². The van der Waals surface area contributed by atoms with Gasteiger partial charge in [0.2, 0.25) is 0 Å². The summed E-state index contributed by atoms with van der Waals surface area (Å²) in [5, 5.41) is 0. The fourth-order valence-corrected chi connectivity index (χ4v) is 4.48. The van der Waals surface area contributed by atoms with Crippen molar-refractivity contribution in [2.45, 2.75) is 17.0 Å². The summed E-state index contributed by atoms with van der Waals surface area (Å²) in [5.74, 6) is 0.328. The Hall–Kier alpha value is -1.04. The zero-order chi connectivity index (χ0) is 14.0. The highest BCUT2D eigenvalue weighted by atomic mass is 35.5. The molecule has 0 saturated heterocycles. The third kappa shape index (κ3) is 2.94. The summed E-state index contributed by atoms with van der Waals surface area (Å²) >= 11 is 6.92. The van der Waals surface area contributed by atoms with Crippen LogP contribution in [0, 0.1) is 6.92 Å². The molecule has 0 aliphatic heterocycles. The van der Waals surface area contributed by atoms with Crippen LogP contribution in [-0.2, 0) is 15.9 Å². The molecule has 0 bridgehead atoms. The van der Waals surface area contributed by atoms with Gasteiger partial charge in [-0.2, -0.15) is 0 Å². The maximum atomic E-state index is 12.5. The summed E-state index contributed by atoms with van der Waals surface area (Å²) in [6, 6.07) is 10.7. The Bertz CT molecular complexity index is 679. The first-order valence-electron chi connectivity index (χ1n) is 5.65. The first kappa shape index (κ1) is 14.4. The van der Waals surface area contributed by atoms with Crippen LogP contribution in [0.2, 0.25) is 0 Å². The van der Waals surface area contributed by atoms with Crippen LogP contribution in [0.1, 0.15) is 10.4 Å². The van der Waals surface area contributed by atoms with E-state index in [2.05, 4.69) is 0 Å². The van der Waals surface area contributed by atoms with Crippen molar-refractivity contribution in [2.75, 3.05) is 11.4 Å². The average molecular weight is 316 g/mol. The molecule has 0 fully saturated rings. The van der Waals surface area contributed by atoms with Crippen LogP contribution in [0.25, 0.3) is 0 Å². The van der Waals surface area contributed by atoms with E-state index >= 15 is 0 Å². The van der Waals surface area contributed by atoms with Gasteiger partial charge in [0.25, 0.3) is 10.0 Å². The molecule has 0 N–H and O–H groups in total. The largest absolute Gasteiger partial charge is 0.273 e. The summed E-state index contributed by atoms with van der Waals surface area (Å²) in [7, 11) is -1.95. The maximum Gasteiger partial charge on any atom is 0.273 e. The number of alkyl halides is 1. The van der Waals surface area contributed by atoms with Gasteiger partial charge in [0, 0.05) is 11.9 Å². The van der Waals surface area contributed by atoms with Crippen molar-refractivity contribution < 1.29 is 8.42 Å². The number of anilines is 1. The predicted molar refractivity (Wildman–Crippen MR) is 80.6 cm³/mol. The highest BCUT2D eigenvalue weighted by Crippen LogP contribution is 2.28. The van der Waals surface area contributed by atoms with Crippen LogP contribution in [0.15, 0.2) is 40.6 Å². The smallest absolute Gasteiger partial charge is 0.269 e. The normalized spacial score (nSPS) is 11.5. The van der Waals surface area contributed by atoms with Gasteiger partial charge in [-0.25, -0.2) is 8.42 Å². The number of benzene rings is 1. The molecule has 19 heavy (non-hydrogen) atoms. The third-order valence-electron chi connectivity index (χ3n) is 2.75. The second-order valence-electron chi connectivity index (χ2n) is 4.17. The summed E-state index contributed by atoms with van der Waals surface area (Å²) in [5.41, 5.74) is 1.67. The van der Waals surface area contributed by atoms with Gasteiger partial charge in [-0.05, 0) is 36.8 Å². The Morgan fingerprint density at radius 1 is 1.26 bits per heavy atom. The third-order valence-corrected chi connectivity index (χ3v) is 6.53. The Balaban J connectivity index is 2.39. The Kier molecular flexibility index (Phi) is 4.18. The van der Waals surface area contributed by atoms with Crippen LogP contribution in [-0.4, -0.2) is 15.5 Å². The van der Waals surface area contributed by atoms with E-state index in [1.807, 2.05) is 25.1 Å². The van der Waals surface area contributed by atoms with E-state index in [1.54, 1.807) is 25.2 Å². The van der Waals surface area contributed by atoms with E-state index in [4.69, 9.17) is 11.6 Å². The van der Waals surface area contributed by atoms with Crippen LogP contribution in [0.4, 0.5) is 5.69 Å². The molecule has 0 radical (unpaired) electrons. The minimum absolute atomic E-state index is 0.312. The van der Waals surface area contributed by atoms with Crippen LogP contribution >= 0.6 is 22.9 Å². The minimum Gasteiger partial charge on any atom is -0.269 e. The first-order valence-corrected chi connectivity index (χ1v) is 8.44. The van der Waals surface area contributed by atoms with Crippen molar-refractivity contribution in [1.82, 2.24) is 0 Å². The molecule has 0 amide bonds. The first-order chi connectivity index (χ1) is 8.95. The van der Waals surface area contributed by atoms with Crippen molar-refractivity contribution >= 4 is 38.6 Å². The van der Waals surface area contributed by atoms with E-state index in [0.717, 1.165) is 10.4 Å². The molecule has 0 aliphatic carbocycles. The van der Waals surface area contributed by atoms with Gasteiger partial charge in [0.05, 0.1) is 11.6 Å². The van der Waals surface area contributed by atoms with Crippen molar-refractivity contribution in [3.05, 3.63) is 46.8 Å².